The highest BCUT2D eigenvalue weighted by molar-refractivity contribution is 5.78. The quantitative estimate of drug-likeness (QED) is 0.878. The normalized spacial score (nSPS) is 17.5. The molecule has 1 aromatic heterocycles. The van der Waals surface area contributed by atoms with Crippen LogP contribution in [0.2, 0.25) is 0 Å². The number of anilines is 1. The summed E-state index contributed by atoms with van der Waals surface area (Å²) in [6, 6.07) is 14.8. The van der Waals surface area contributed by atoms with Crippen molar-refractivity contribution in [1.29, 1.82) is 0 Å². The van der Waals surface area contributed by atoms with Gasteiger partial charge in [-0.25, -0.2) is 0 Å². The number of hydrogen-bond acceptors (Lipinski definition) is 4. The van der Waals surface area contributed by atoms with E-state index in [1.807, 2.05) is 25.2 Å². The molecule has 0 saturated carbocycles. The molecule has 0 spiro atoms. The van der Waals surface area contributed by atoms with Crippen molar-refractivity contribution in [1.82, 2.24) is 15.2 Å². The number of piperidine rings is 1. The molecule has 1 N–H and O–H groups in total. The number of pyridine rings is 1. The van der Waals surface area contributed by atoms with Gasteiger partial charge in [0.2, 0.25) is 5.91 Å². The number of carbonyl (C=O) groups excluding carboxylic acids is 1. The number of likely N-dealkylation sites (N-methyl/N-ethyl adjacent to an activating group) is 1. The molecule has 132 valence electrons. The highest BCUT2D eigenvalue weighted by Crippen LogP contribution is 2.21. The summed E-state index contributed by atoms with van der Waals surface area (Å²) in [5.74, 6) is 0.0585. The van der Waals surface area contributed by atoms with Crippen LogP contribution in [-0.2, 0) is 11.3 Å². The summed E-state index contributed by atoms with van der Waals surface area (Å²) >= 11 is 0. The molecule has 2 aromatic rings. The molecule has 0 radical (unpaired) electrons. The highest BCUT2D eigenvalue weighted by atomic mass is 16.2. The molecule has 1 atom stereocenters. The zero-order valence-electron chi connectivity index (χ0n) is 14.8. The van der Waals surface area contributed by atoms with Gasteiger partial charge in [-0.1, -0.05) is 24.3 Å². The molecule has 1 aromatic carbocycles. The van der Waals surface area contributed by atoms with Gasteiger partial charge in [-0.05, 0) is 43.7 Å². The Balaban J connectivity index is 1.48. The summed E-state index contributed by atoms with van der Waals surface area (Å²) in [4.78, 5) is 20.9. The Morgan fingerprint density at radius 3 is 2.88 bits per heavy atom. The third-order valence-electron chi connectivity index (χ3n) is 4.75. The zero-order chi connectivity index (χ0) is 17.5. The van der Waals surface area contributed by atoms with E-state index in [4.69, 9.17) is 0 Å². The van der Waals surface area contributed by atoms with Crippen LogP contribution in [0.4, 0.5) is 5.69 Å². The summed E-state index contributed by atoms with van der Waals surface area (Å²) < 4.78 is 0. The second-order valence-electron chi connectivity index (χ2n) is 6.63. The SMILES string of the molecule is CN(CC(=O)NCc1cccnc1)[C@H]1CCCN(c2ccccc2)C1. The van der Waals surface area contributed by atoms with Gasteiger partial charge in [0.1, 0.15) is 0 Å². The Kier molecular flexibility index (Phi) is 6.01. The van der Waals surface area contributed by atoms with E-state index in [0.29, 0.717) is 19.1 Å². The molecule has 1 saturated heterocycles. The number of nitrogens with zero attached hydrogens (tertiary/aromatic N) is 3. The topological polar surface area (TPSA) is 48.5 Å². The minimum Gasteiger partial charge on any atom is -0.370 e. The van der Waals surface area contributed by atoms with E-state index in [9.17, 15) is 4.79 Å². The smallest absolute Gasteiger partial charge is 0.234 e. The number of hydrogen-bond donors (Lipinski definition) is 1. The summed E-state index contributed by atoms with van der Waals surface area (Å²) in [6.45, 7) is 3.01. The van der Waals surface area contributed by atoms with E-state index < -0.39 is 0 Å². The number of rotatable bonds is 6. The lowest BCUT2D eigenvalue weighted by molar-refractivity contribution is -0.122. The minimum atomic E-state index is 0.0585. The van der Waals surface area contributed by atoms with Gasteiger partial charge in [0, 0.05) is 43.8 Å². The zero-order valence-corrected chi connectivity index (χ0v) is 14.8. The lowest BCUT2D eigenvalue weighted by atomic mass is 10.0. The van der Waals surface area contributed by atoms with Crippen molar-refractivity contribution in [2.75, 3.05) is 31.6 Å². The summed E-state index contributed by atoms with van der Waals surface area (Å²) in [5.41, 5.74) is 2.29. The fraction of sp³-hybridized carbons (Fsp3) is 0.400. The van der Waals surface area contributed by atoms with Crippen LogP contribution in [0.1, 0.15) is 18.4 Å². The van der Waals surface area contributed by atoms with E-state index in [1.54, 1.807) is 12.4 Å². The Labute approximate surface area is 149 Å². The van der Waals surface area contributed by atoms with E-state index in [2.05, 4.69) is 44.4 Å². The number of aromatic nitrogens is 1. The average Bonchev–Trinajstić information content (AvgIpc) is 2.68. The summed E-state index contributed by atoms with van der Waals surface area (Å²) in [6.07, 6.45) is 5.81. The first-order chi connectivity index (χ1) is 12.2. The van der Waals surface area contributed by atoms with E-state index in [-0.39, 0.29) is 5.91 Å². The molecule has 3 rings (SSSR count). The lowest BCUT2D eigenvalue weighted by Crippen LogP contribution is -2.49. The van der Waals surface area contributed by atoms with Crippen LogP contribution in [0.25, 0.3) is 0 Å². The molecule has 1 aliphatic rings. The van der Waals surface area contributed by atoms with Crippen molar-refractivity contribution >= 4 is 11.6 Å². The van der Waals surface area contributed by atoms with Gasteiger partial charge in [-0.2, -0.15) is 0 Å². The molecular weight excluding hydrogens is 312 g/mol. The van der Waals surface area contributed by atoms with Gasteiger partial charge in [-0.3, -0.25) is 14.7 Å². The van der Waals surface area contributed by atoms with Gasteiger partial charge in [0.15, 0.2) is 0 Å². The lowest BCUT2D eigenvalue weighted by Gasteiger charge is -2.38. The van der Waals surface area contributed by atoms with Crippen molar-refractivity contribution in [2.45, 2.75) is 25.4 Å². The van der Waals surface area contributed by atoms with E-state index in [0.717, 1.165) is 31.5 Å². The van der Waals surface area contributed by atoms with Gasteiger partial charge in [0.05, 0.1) is 6.54 Å². The largest absolute Gasteiger partial charge is 0.370 e. The number of amides is 1. The Bertz CT molecular complexity index is 662. The van der Waals surface area contributed by atoms with Crippen molar-refractivity contribution in [3.8, 4) is 0 Å². The predicted molar refractivity (Wildman–Crippen MR) is 100 cm³/mol. The second kappa shape index (κ2) is 8.62. The van der Waals surface area contributed by atoms with Gasteiger partial charge in [-0.15, -0.1) is 0 Å². The molecule has 0 unspecified atom stereocenters. The second-order valence-corrected chi connectivity index (χ2v) is 6.63. The third-order valence-corrected chi connectivity index (χ3v) is 4.75. The van der Waals surface area contributed by atoms with E-state index >= 15 is 0 Å². The van der Waals surface area contributed by atoms with E-state index in [1.165, 1.54) is 5.69 Å². The number of benzene rings is 1. The van der Waals surface area contributed by atoms with Crippen molar-refractivity contribution in [3.63, 3.8) is 0 Å². The van der Waals surface area contributed by atoms with Crippen molar-refractivity contribution < 1.29 is 4.79 Å². The molecule has 2 heterocycles. The first-order valence-corrected chi connectivity index (χ1v) is 8.88. The van der Waals surface area contributed by atoms with Gasteiger partial charge >= 0.3 is 0 Å². The van der Waals surface area contributed by atoms with Crippen molar-refractivity contribution in [2.24, 2.45) is 0 Å². The number of para-hydroxylation sites is 1. The third kappa shape index (κ3) is 5.03. The molecule has 25 heavy (non-hydrogen) atoms. The Hall–Kier alpha value is -2.40. The average molecular weight is 338 g/mol. The van der Waals surface area contributed by atoms with Crippen LogP contribution in [0.15, 0.2) is 54.9 Å². The minimum absolute atomic E-state index is 0.0585. The maximum absolute atomic E-state index is 12.2. The van der Waals surface area contributed by atoms with Crippen LogP contribution in [0.5, 0.6) is 0 Å². The van der Waals surface area contributed by atoms with Crippen LogP contribution in [0.3, 0.4) is 0 Å². The van der Waals surface area contributed by atoms with Crippen LogP contribution < -0.4 is 10.2 Å². The molecule has 1 fully saturated rings. The first kappa shape index (κ1) is 17.4. The monoisotopic (exact) mass is 338 g/mol. The molecule has 1 aliphatic heterocycles. The summed E-state index contributed by atoms with van der Waals surface area (Å²) in [7, 11) is 2.04. The molecule has 0 aliphatic carbocycles. The highest BCUT2D eigenvalue weighted by Gasteiger charge is 2.24. The Morgan fingerprint density at radius 1 is 1.28 bits per heavy atom. The Morgan fingerprint density at radius 2 is 2.12 bits per heavy atom. The van der Waals surface area contributed by atoms with Crippen LogP contribution >= 0.6 is 0 Å². The van der Waals surface area contributed by atoms with Crippen molar-refractivity contribution in [3.05, 3.63) is 60.4 Å². The molecule has 0 bridgehead atoms. The maximum atomic E-state index is 12.2. The van der Waals surface area contributed by atoms with Gasteiger partial charge in [0.25, 0.3) is 0 Å². The molecule has 1 amide bonds. The van der Waals surface area contributed by atoms with Crippen LogP contribution in [-0.4, -0.2) is 48.5 Å². The fourth-order valence-electron chi connectivity index (χ4n) is 3.30. The predicted octanol–water partition coefficient (Wildman–Crippen LogP) is 2.30. The molecule has 5 heteroatoms. The number of carbonyl (C=O) groups is 1. The van der Waals surface area contributed by atoms with Gasteiger partial charge < -0.3 is 10.2 Å². The number of nitrogens with one attached hydrogen (secondary N) is 1. The standard InChI is InChI=1S/C20H26N4O/c1-23(16-20(25)22-14-17-7-5-11-21-13-17)19-10-6-12-24(15-19)18-8-3-2-4-9-18/h2-5,7-9,11,13,19H,6,10,12,14-16H2,1H3,(H,22,25)/t19-/m0/s1. The van der Waals surface area contributed by atoms with Crippen LogP contribution in [0, 0.1) is 0 Å². The fourth-order valence-corrected chi connectivity index (χ4v) is 3.30. The first-order valence-electron chi connectivity index (χ1n) is 8.88. The molecule has 5 nitrogen and oxygen atoms in total. The maximum Gasteiger partial charge on any atom is 0.234 e. The summed E-state index contributed by atoms with van der Waals surface area (Å²) in [5, 5.41) is 2.98. The molecular formula is C20H26N4O.